The van der Waals surface area contributed by atoms with Crippen molar-refractivity contribution < 1.29 is 28.3 Å². The maximum Gasteiger partial charge on any atom is 0.373 e. The number of methoxy groups -OCH3 is 2. The number of nitro groups is 1. The fourth-order valence-corrected chi connectivity index (χ4v) is 3.51. The van der Waals surface area contributed by atoms with Crippen molar-refractivity contribution >= 4 is 17.4 Å². The number of hydrogen-bond acceptors (Lipinski definition) is 10. The van der Waals surface area contributed by atoms with E-state index in [-0.39, 0.29) is 29.1 Å². The molecule has 1 aromatic carbocycles. The number of carbonyl (C=O) groups is 1. The van der Waals surface area contributed by atoms with E-state index in [9.17, 15) is 14.9 Å². The van der Waals surface area contributed by atoms with E-state index >= 15 is 0 Å². The zero-order valence-corrected chi connectivity index (χ0v) is 18.0. The predicted molar refractivity (Wildman–Crippen MR) is 115 cm³/mol. The van der Waals surface area contributed by atoms with Crippen LogP contribution in [0.3, 0.4) is 0 Å². The van der Waals surface area contributed by atoms with Crippen molar-refractivity contribution in [3.05, 3.63) is 58.8 Å². The van der Waals surface area contributed by atoms with Crippen molar-refractivity contribution in [2.75, 3.05) is 45.3 Å². The molecule has 0 aliphatic carbocycles. The number of carbonyl (C=O) groups excluding carboxylic acids is 1. The topological polar surface area (TPSA) is 133 Å². The molecule has 3 heterocycles. The average molecular weight is 455 g/mol. The van der Waals surface area contributed by atoms with Gasteiger partial charge in [-0.15, -0.1) is 0 Å². The highest BCUT2D eigenvalue weighted by atomic mass is 16.6. The molecular formula is C21H21N5O7. The lowest BCUT2D eigenvalue weighted by molar-refractivity contribution is -0.385. The third-order valence-electron chi connectivity index (χ3n) is 5.13. The SMILES string of the molecule is COc1cccc(OC)c1Oc1ncnc(N2CCN(C(=O)c3ccco3)CC2)c1[N+](=O)[O-]. The summed E-state index contributed by atoms with van der Waals surface area (Å²) in [6.07, 6.45) is 2.63. The van der Waals surface area contributed by atoms with Crippen LogP contribution in [0.1, 0.15) is 10.6 Å². The van der Waals surface area contributed by atoms with E-state index in [1.54, 1.807) is 40.1 Å². The number of ether oxygens (including phenoxy) is 3. The molecule has 0 atom stereocenters. The Bertz CT molecular complexity index is 1120. The molecular weight excluding hydrogens is 434 g/mol. The summed E-state index contributed by atoms with van der Waals surface area (Å²) in [5.41, 5.74) is -0.392. The van der Waals surface area contributed by atoms with Gasteiger partial charge < -0.3 is 28.4 Å². The molecule has 0 bridgehead atoms. The van der Waals surface area contributed by atoms with Gasteiger partial charge in [0, 0.05) is 26.2 Å². The molecule has 1 fully saturated rings. The first kappa shape index (κ1) is 21.9. The van der Waals surface area contributed by atoms with E-state index in [1.165, 1.54) is 26.8 Å². The van der Waals surface area contributed by atoms with Crippen molar-refractivity contribution in [3.63, 3.8) is 0 Å². The van der Waals surface area contributed by atoms with Crippen molar-refractivity contribution in [3.8, 4) is 23.1 Å². The minimum Gasteiger partial charge on any atom is -0.493 e. The van der Waals surface area contributed by atoms with E-state index in [0.717, 1.165) is 0 Å². The van der Waals surface area contributed by atoms with Gasteiger partial charge in [0.1, 0.15) is 6.33 Å². The summed E-state index contributed by atoms with van der Waals surface area (Å²) >= 11 is 0. The summed E-state index contributed by atoms with van der Waals surface area (Å²) in [5.74, 6) is 0.680. The van der Waals surface area contributed by atoms with Crippen LogP contribution in [0.15, 0.2) is 47.3 Å². The van der Waals surface area contributed by atoms with Gasteiger partial charge >= 0.3 is 11.6 Å². The fourth-order valence-electron chi connectivity index (χ4n) is 3.51. The van der Waals surface area contributed by atoms with Crippen LogP contribution in [0.5, 0.6) is 23.1 Å². The van der Waals surface area contributed by atoms with Gasteiger partial charge in [-0.3, -0.25) is 14.9 Å². The number of hydrogen-bond donors (Lipinski definition) is 0. The van der Waals surface area contributed by atoms with E-state index in [1.807, 2.05) is 0 Å². The molecule has 12 heteroatoms. The van der Waals surface area contributed by atoms with Crippen molar-refractivity contribution in [2.24, 2.45) is 0 Å². The molecule has 2 aromatic heterocycles. The molecule has 0 saturated carbocycles. The summed E-state index contributed by atoms with van der Waals surface area (Å²) in [7, 11) is 2.90. The molecule has 1 saturated heterocycles. The van der Waals surface area contributed by atoms with Crippen LogP contribution >= 0.6 is 0 Å². The van der Waals surface area contributed by atoms with Gasteiger partial charge in [-0.05, 0) is 24.3 Å². The van der Waals surface area contributed by atoms with Crippen LogP contribution in [0.25, 0.3) is 0 Å². The Morgan fingerprint density at radius 1 is 1.06 bits per heavy atom. The van der Waals surface area contributed by atoms with Gasteiger partial charge in [0.2, 0.25) is 11.6 Å². The quantitative estimate of drug-likeness (QED) is 0.387. The second-order valence-corrected chi connectivity index (χ2v) is 6.96. The molecule has 0 spiro atoms. The number of benzene rings is 1. The van der Waals surface area contributed by atoms with Gasteiger partial charge in [0.05, 0.1) is 25.4 Å². The van der Waals surface area contributed by atoms with Crippen molar-refractivity contribution in [1.82, 2.24) is 14.9 Å². The normalized spacial score (nSPS) is 13.5. The third-order valence-corrected chi connectivity index (χ3v) is 5.13. The Kier molecular flexibility index (Phi) is 6.24. The lowest BCUT2D eigenvalue weighted by Crippen LogP contribution is -2.49. The van der Waals surface area contributed by atoms with Gasteiger partial charge in [-0.1, -0.05) is 6.07 Å². The monoisotopic (exact) mass is 455 g/mol. The molecule has 0 N–H and O–H groups in total. The van der Waals surface area contributed by atoms with Crippen LogP contribution in [-0.2, 0) is 0 Å². The molecule has 12 nitrogen and oxygen atoms in total. The summed E-state index contributed by atoms with van der Waals surface area (Å²) in [6, 6.07) is 8.22. The molecule has 3 aromatic rings. The average Bonchev–Trinajstić information content (AvgIpc) is 3.38. The second-order valence-electron chi connectivity index (χ2n) is 6.96. The first-order valence-corrected chi connectivity index (χ1v) is 9.99. The molecule has 33 heavy (non-hydrogen) atoms. The number of piperazine rings is 1. The lowest BCUT2D eigenvalue weighted by Gasteiger charge is -2.34. The number of furan rings is 1. The van der Waals surface area contributed by atoms with Crippen LogP contribution in [0.2, 0.25) is 0 Å². The summed E-state index contributed by atoms with van der Waals surface area (Å²) in [4.78, 5) is 35.4. The first-order valence-electron chi connectivity index (χ1n) is 9.99. The molecule has 1 aliphatic rings. The highest BCUT2D eigenvalue weighted by molar-refractivity contribution is 5.91. The van der Waals surface area contributed by atoms with Gasteiger partial charge in [0.15, 0.2) is 17.3 Å². The van der Waals surface area contributed by atoms with E-state index in [0.29, 0.717) is 37.7 Å². The predicted octanol–water partition coefficient (Wildman–Crippen LogP) is 2.75. The Balaban J connectivity index is 1.60. The highest BCUT2D eigenvalue weighted by Crippen LogP contribution is 2.43. The van der Waals surface area contributed by atoms with Crippen LogP contribution < -0.4 is 19.1 Å². The Morgan fingerprint density at radius 2 is 1.76 bits per heavy atom. The minimum atomic E-state index is -0.590. The highest BCUT2D eigenvalue weighted by Gasteiger charge is 2.33. The zero-order valence-electron chi connectivity index (χ0n) is 18.0. The minimum absolute atomic E-state index is 0.101. The van der Waals surface area contributed by atoms with Crippen molar-refractivity contribution in [1.29, 1.82) is 0 Å². The number of amides is 1. The summed E-state index contributed by atoms with van der Waals surface area (Å²) < 4.78 is 21.6. The second kappa shape index (κ2) is 9.42. The molecule has 0 radical (unpaired) electrons. The largest absolute Gasteiger partial charge is 0.493 e. The number of aromatic nitrogens is 2. The fraction of sp³-hybridized carbons (Fsp3) is 0.286. The first-order chi connectivity index (χ1) is 16.0. The molecule has 172 valence electrons. The maximum atomic E-state index is 12.5. The van der Waals surface area contributed by atoms with Gasteiger partial charge in [0.25, 0.3) is 5.91 Å². The van der Waals surface area contributed by atoms with E-state index in [2.05, 4.69) is 9.97 Å². The maximum absolute atomic E-state index is 12.5. The number of nitrogens with zero attached hydrogens (tertiary/aromatic N) is 5. The van der Waals surface area contributed by atoms with Crippen LogP contribution in [0.4, 0.5) is 11.5 Å². The molecule has 1 amide bonds. The molecule has 0 unspecified atom stereocenters. The van der Waals surface area contributed by atoms with Crippen LogP contribution in [0, 0.1) is 10.1 Å². The number of para-hydroxylation sites is 1. The standard InChI is InChI=1S/C21H21N5O7/c1-30-14-5-3-6-15(31-2)18(14)33-20-17(26(28)29)19(22-13-23-20)24-8-10-25(11-9-24)21(27)16-7-4-12-32-16/h3-7,12-13H,8-11H2,1-2H3. The Hall–Kier alpha value is -4.35. The van der Waals surface area contributed by atoms with Gasteiger partial charge in [-0.25, -0.2) is 4.98 Å². The molecule has 4 rings (SSSR count). The smallest absolute Gasteiger partial charge is 0.373 e. The lowest BCUT2D eigenvalue weighted by atomic mass is 10.2. The van der Waals surface area contributed by atoms with Crippen molar-refractivity contribution in [2.45, 2.75) is 0 Å². The third kappa shape index (κ3) is 4.35. The Morgan fingerprint density at radius 3 is 2.33 bits per heavy atom. The van der Waals surface area contributed by atoms with Gasteiger partial charge in [-0.2, -0.15) is 4.98 Å². The summed E-state index contributed by atoms with van der Waals surface area (Å²) in [5, 5.41) is 12.0. The van der Waals surface area contributed by atoms with E-state index < -0.39 is 10.6 Å². The zero-order chi connectivity index (χ0) is 23.4. The Labute approximate surface area is 188 Å². The van der Waals surface area contributed by atoms with Crippen LogP contribution in [-0.4, -0.2) is 66.1 Å². The summed E-state index contributed by atoms with van der Waals surface area (Å²) in [6.45, 7) is 1.36. The number of anilines is 1. The number of rotatable bonds is 7. The van der Waals surface area contributed by atoms with E-state index in [4.69, 9.17) is 18.6 Å². The molecule has 1 aliphatic heterocycles.